The van der Waals surface area contributed by atoms with Gasteiger partial charge in [0.25, 0.3) is 0 Å². The van der Waals surface area contributed by atoms with E-state index in [1.807, 2.05) is 0 Å². The fourth-order valence-corrected chi connectivity index (χ4v) is 2.28. The maximum absolute atomic E-state index is 10.4. The molecule has 1 saturated heterocycles. The number of aliphatic hydroxyl groups is 2. The lowest BCUT2D eigenvalue weighted by Gasteiger charge is -2.16. The standard InChI is InChI=1S/C11H12N4O7/c16-6-4(1-21-11(19)20)22-10(7(6)17)15-3-14-5-8(15)12-2-13-9(5)18/h2-4,6-7,10,16-17H,1H2,(H,19,20)(H,12,13,18)/t4-,6?,7?,10-/m1/s1. The maximum Gasteiger partial charge on any atom is 0.505 e. The van der Waals surface area contributed by atoms with Crippen LogP contribution >= 0.6 is 0 Å². The van der Waals surface area contributed by atoms with Gasteiger partial charge in [-0.15, -0.1) is 0 Å². The average Bonchev–Trinajstić information content (AvgIpc) is 3.01. The summed E-state index contributed by atoms with van der Waals surface area (Å²) in [6.45, 7) is -0.434. The summed E-state index contributed by atoms with van der Waals surface area (Å²) < 4.78 is 11.1. The highest BCUT2D eigenvalue weighted by Gasteiger charge is 2.45. The molecule has 0 radical (unpaired) electrons. The third-order valence-electron chi connectivity index (χ3n) is 3.32. The quantitative estimate of drug-likeness (QED) is 0.509. The normalized spacial score (nSPS) is 28.1. The summed E-state index contributed by atoms with van der Waals surface area (Å²) in [5.41, 5.74) is 0.307. The number of ether oxygens (including phenoxy) is 2. The van der Waals surface area contributed by atoms with Crippen molar-refractivity contribution in [2.24, 2.45) is 0 Å². The molecule has 2 aromatic rings. The molecule has 3 heterocycles. The second-order valence-electron chi connectivity index (χ2n) is 4.64. The first-order valence-corrected chi connectivity index (χ1v) is 6.23. The average molecular weight is 312 g/mol. The molecule has 0 aliphatic carbocycles. The van der Waals surface area contributed by atoms with Gasteiger partial charge in [-0.2, -0.15) is 4.98 Å². The van der Waals surface area contributed by atoms with Crippen LogP contribution < -0.4 is 0 Å². The Morgan fingerprint density at radius 3 is 2.82 bits per heavy atom. The monoisotopic (exact) mass is 312 g/mol. The van der Waals surface area contributed by atoms with E-state index in [2.05, 4.69) is 19.7 Å². The van der Waals surface area contributed by atoms with E-state index in [4.69, 9.17) is 9.84 Å². The van der Waals surface area contributed by atoms with Crippen molar-refractivity contribution in [3.63, 3.8) is 0 Å². The minimum Gasteiger partial charge on any atom is -0.492 e. The Hall–Kier alpha value is -2.50. The van der Waals surface area contributed by atoms with E-state index in [-0.39, 0.29) is 17.0 Å². The lowest BCUT2D eigenvalue weighted by atomic mass is 10.1. The Bertz CT molecular complexity index is 705. The molecule has 11 nitrogen and oxygen atoms in total. The number of carbonyl (C=O) groups is 1. The number of aliphatic hydroxyl groups excluding tert-OH is 2. The summed E-state index contributed by atoms with van der Waals surface area (Å²) in [7, 11) is 0. The first-order valence-electron chi connectivity index (χ1n) is 6.23. The first-order chi connectivity index (χ1) is 10.5. The van der Waals surface area contributed by atoms with Crippen molar-refractivity contribution in [3.05, 3.63) is 12.7 Å². The van der Waals surface area contributed by atoms with E-state index in [0.29, 0.717) is 0 Å². The highest BCUT2D eigenvalue weighted by Crippen LogP contribution is 2.32. The maximum atomic E-state index is 10.4. The van der Waals surface area contributed by atoms with Gasteiger partial charge in [-0.05, 0) is 0 Å². The molecule has 0 amide bonds. The van der Waals surface area contributed by atoms with Gasteiger partial charge in [0.05, 0.1) is 6.33 Å². The molecule has 1 aliphatic heterocycles. The zero-order chi connectivity index (χ0) is 15.9. The predicted molar refractivity (Wildman–Crippen MR) is 66.9 cm³/mol. The molecule has 1 fully saturated rings. The SMILES string of the molecule is O=C(O)OC[C@H]1O[C@@H](n2cnc3c(O)ncnc32)C(O)C1O. The molecule has 118 valence electrons. The predicted octanol–water partition coefficient (Wildman–Crippen LogP) is -1.15. The van der Waals surface area contributed by atoms with E-state index in [0.717, 1.165) is 6.33 Å². The summed E-state index contributed by atoms with van der Waals surface area (Å²) >= 11 is 0. The van der Waals surface area contributed by atoms with Gasteiger partial charge in [0, 0.05) is 0 Å². The Kier molecular flexibility index (Phi) is 3.52. The minimum atomic E-state index is -1.51. The smallest absolute Gasteiger partial charge is 0.492 e. The molecule has 11 heteroatoms. The van der Waals surface area contributed by atoms with E-state index in [9.17, 15) is 20.1 Å². The highest BCUT2D eigenvalue weighted by atomic mass is 16.7. The molecule has 2 unspecified atom stereocenters. The number of hydrogen-bond acceptors (Lipinski definition) is 9. The molecule has 2 aromatic heterocycles. The molecule has 4 atom stereocenters. The second-order valence-corrected chi connectivity index (χ2v) is 4.64. The lowest BCUT2D eigenvalue weighted by Crippen LogP contribution is -2.34. The van der Waals surface area contributed by atoms with Crippen molar-refractivity contribution < 1.29 is 34.7 Å². The molecule has 3 rings (SSSR count). The number of imidazole rings is 1. The Morgan fingerprint density at radius 2 is 2.09 bits per heavy atom. The van der Waals surface area contributed by atoms with Crippen molar-refractivity contribution in [2.45, 2.75) is 24.5 Å². The topological polar surface area (TPSA) is 160 Å². The second kappa shape index (κ2) is 5.36. The van der Waals surface area contributed by atoms with Gasteiger partial charge in [-0.25, -0.2) is 14.8 Å². The molecule has 0 saturated carbocycles. The molecule has 0 spiro atoms. The fourth-order valence-electron chi connectivity index (χ4n) is 2.28. The van der Waals surface area contributed by atoms with Gasteiger partial charge in [0.1, 0.15) is 31.2 Å². The summed E-state index contributed by atoms with van der Waals surface area (Å²) in [5, 5.41) is 38.0. The number of aromatic nitrogens is 4. The van der Waals surface area contributed by atoms with Crippen LogP contribution in [0.25, 0.3) is 11.2 Å². The molecule has 0 bridgehead atoms. The van der Waals surface area contributed by atoms with Crippen LogP contribution in [0.5, 0.6) is 5.88 Å². The molecule has 22 heavy (non-hydrogen) atoms. The fraction of sp³-hybridized carbons (Fsp3) is 0.455. The molecule has 0 aromatic carbocycles. The van der Waals surface area contributed by atoms with Crippen molar-refractivity contribution in [2.75, 3.05) is 6.61 Å². The van der Waals surface area contributed by atoms with Gasteiger partial charge >= 0.3 is 6.16 Å². The van der Waals surface area contributed by atoms with Crippen molar-refractivity contribution in [3.8, 4) is 5.88 Å². The minimum absolute atomic E-state index is 0.109. The Balaban J connectivity index is 1.87. The zero-order valence-corrected chi connectivity index (χ0v) is 11.0. The van der Waals surface area contributed by atoms with E-state index < -0.39 is 37.3 Å². The highest BCUT2D eigenvalue weighted by molar-refractivity contribution is 5.75. The van der Waals surface area contributed by atoms with E-state index in [1.165, 1.54) is 10.9 Å². The van der Waals surface area contributed by atoms with Crippen LogP contribution in [0.3, 0.4) is 0 Å². The summed E-state index contributed by atoms with van der Waals surface area (Å²) in [4.78, 5) is 21.8. The number of nitrogens with zero attached hydrogens (tertiary/aromatic N) is 4. The number of aromatic hydroxyl groups is 1. The lowest BCUT2D eigenvalue weighted by molar-refractivity contribution is -0.0579. The molecular weight excluding hydrogens is 300 g/mol. The van der Waals surface area contributed by atoms with Crippen LogP contribution in [-0.2, 0) is 9.47 Å². The Labute approximate surface area is 122 Å². The first kappa shape index (κ1) is 14.4. The summed E-state index contributed by atoms with van der Waals surface area (Å²) in [6, 6.07) is 0. The van der Waals surface area contributed by atoms with Gasteiger partial charge in [-0.1, -0.05) is 0 Å². The van der Waals surface area contributed by atoms with E-state index >= 15 is 0 Å². The van der Waals surface area contributed by atoms with Gasteiger partial charge in [0.2, 0.25) is 5.88 Å². The molecular formula is C11H12N4O7. The van der Waals surface area contributed by atoms with Crippen molar-refractivity contribution in [1.82, 2.24) is 19.5 Å². The van der Waals surface area contributed by atoms with Crippen molar-refractivity contribution >= 4 is 17.3 Å². The van der Waals surface area contributed by atoms with Crippen molar-refractivity contribution in [1.29, 1.82) is 0 Å². The van der Waals surface area contributed by atoms with Crippen LogP contribution in [0.2, 0.25) is 0 Å². The van der Waals surface area contributed by atoms with Gasteiger partial charge in [0.15, 0.2) is 17.4 Å². The van der Waals surface area contributed by atoms with Crippen LogP contribution in [0.4, 0.5) is 4.79 Å². The van der Waals surface area contributed by atoms with Gasteiger partial charge in [-0.3, -0.25) is 4.57 Å². The van der Waals surface area contributed by atoms with Crippen LogP contribution in [0, 0.1) is 0 Å². The number of fused-ring (bicyclic) bond motifs is 1. The Morgan fingerprint density at radius 1 is 1.32 bits per heavy atom. The summed E-state index contributed by atoms with van der Waals surface area (Å²) in [5.74, 6) is -0.331. The third-order valence-corrected chi connectivity index (χ3v) is 3.32. The van der Waals surface area contributed by atoms with Crippen LogP contribution in [0.15, 0.2) is 12.7 Å². The zero-order valence-electron chi connectivity index (χ0n) is 11.0. The van der Waals surface area contributed by atoms with Gasteiger partial charge < -0.3 is 29.9 Å². The van der Waals surface area contributed by atoms with Crippen LogP contribution in [-0.4, -0.2) is 71.0 Å². The largest absolute Gasteiger partial charge is 0.505 e. The molecule has 1 aliphatic rings. The van der Waals surface area contributed by atoms with E-state index in [1.54, 1.807) is 0 Å². The number of rotatable bonds is 3. The van der Waals surface area contributed by atoms with Crippen LogP contribution in [0.1, 0.15) is 6.23 Å². The number of hydrogen-bond donors (Lipinski definition) is 4. The summed E-state index contributed by atoms with van der Waals surface area (Å²) in [6.07, 6.45) is -3.94. The number of carboxylic acid groups (broad SMARTS) is 1. The third kappa shape index (κ3) is 2.30. The molecule has 4 N–H and O–H groups in total.